The summed E-state index contributed by atoms with van der Waals surface area (Å²) in [6.07, 6.45) is 4.54. The number of benzene rings is 1. The number of fused-ring (bicyclic) bond motifs is 1. The quantitative estimate of drug-likeness (QED) is 0.473. The average Bonchev–Trinajstić information content (AvgIpc) is 2.75. The van der Waals surface area contributed by atoms with Crippen molar-refractivity contribution in [1.82, 2.24) is 14.4 Å². The number of hydrogen-bond donors (Lipinski definition) is 1. The minimum Gasteiger partial charge on any atom is -0.480 e. The Labute approximate surface area is 187 Å². The zero-order valence-electron chi connectivity index (χ0n) is 16.8. The molecule has 4 rings (SSSR count). The number of nitrogens with one attached hydrogen (secondary N) is 1. The van der Waals surface area contributed by atoms with Crippen molar-refractivity contribution in [2.45, 2.75) is 11.8 Å². The summed E-state index contributed by atoms with van der Waals surface area (Å²) in [6, 6.07) is 8.10. The van der Waals surface area contributed by atoms with Crippen LogP contribution in [0.25, 0.3) is 16.8 Å². The predicted octanol–water partition coefficient (Wildman–Crippen LogP) is 3.67. The summed E-state index contributed by atoms with van der Waals surface area (Å²) in [6.45, 7) is 1.66. The van der Waals surface area contributed by atoms with E-state index in [-0.39, 0.29) is 22.1 Å². The first-order valence-corrected chi connectivity index (χ1v) is 11.1. The first-order chi connectivity index (χ1) is 15.2. The van der Waals surface area contributed by atoms with Gasteiger partial charge >= 0.3 is 0 Å². The second-order valence-corrected chi connectivity index (χ2v) is 8.94. The lowest BCUT2D eigenvalue weighted by atomic mass is 10.1. The van der Waals surface area contributed by atoms with Gasteiger partial charge in [-0.15, -0.1) is 0 Å². The summed E-state index contributed by atoms with van der Waals surface area (Å²) in [5.74, 6) is -1.01. The molecule has 0 saturated carbocycles. The third-order valence-corrected chi connectivity index (χ3v) is 6.31. The fourth-order valence-corrected chi connectivity index (χ4v) is 4.35. The fraction of sp³-hybridized carbons (Fsp3) is 0.0952. The second-order valence-electron chi connectivity index (χ2n) is 6.85. The van der Waals surface area contributed by atoms with Crippen molar-refractivity contribution in [3.63, 3.8) is 0 Å². The molecule has 4 aromatic rings. The monoisotopic (exact) mass is 474 g/mol. The SMILES string of the molecule is COc1ncc(-c2ccc3ncc(C)c(=O)n3c2)cc1NS(=O)(=O)c1ccc(Cl)cc1F. The van der Waals surface area contributed by atoms with E-state index < -0.39 is 20.7 Å². The fourth-order valence-electron chi connectivity index (χ4n) is 3.08. The standard InChI is InChI=1S/C21H16ClFN4O4S/c1-12-9-24-19-6-3-13(11-27(19)21(12)28)14-7-17(20(31-2)25-10-14)26-32(29,30)18-5-4-15(22)8-16(18)23/h3-11,26H,1-2H3. The highest BCUT2D eigenvalue weighted by atomic mass is 35.5. The number of ether oxygens (including phenoxy) is 1. The van der Waals surface area contributed by atoms with Gasteiger partial charge in [0.2, 0.25) is 5.88 Å². The first-order valence-electron chi connectivity index (χ1n) is 9.20. The Morgan fingerprint density at radius 1 is 1.09 bits per heavy atom. The van der Waals surface area contributed by atoms with Crippen LogP contribution in [-0.2, 0) is 10.0 Å². The Morgan fingerprint density at radius 3 is 2.59 bits per heavy atom. The first kappa shape index (κ1) is 21.7. The van der Waals surface area contributed by atoms with Crippen molar-refractivity contribution in [3.05, 3.63) is 81.7 Å². The normalized spacial score (nSPS) is 11.5. The number of halogens is 2. The van der Waals surface area contributed by atoms with Gasteiger partial charge in [0.15, 0.2) is 0 Å². The zero-order chi connectivity index (χ0) is 23.0. The number of nitrogens with zero attached hydrogens (tertiary/aromatic N) is 3. The number of anilines is 1. The summed E-state index contributed by atoms with van der Waals surface area (Å²) in [7, 11) is -2.98. The third-order valence-electron chi connectivity index (χ3n) is 4.68. The highest BCUT2D eigenvalue weighted by Gasteiger charge is 2.22. The second kappa shape index (κ2) is 8.21. The largest absolute Gasteiger partial charge is 0.480 e. The van der Waals surface area contributed by atoms with Crippen LogP contribution in [0.3, 0.4) is 0 Å². The van der Waals surface area contributed by atoms with Gasteiger partial charge in [-0.2, -0.15) is 0 Å². The molecule has 0 aliphatic heterocycles. The zero-order valence-corrected chi connectivity index (χ0v) is 18.4. The maximum Gasteiger partial charge on any atom is 0.264 e. The van der Waals surface area contributed by atoms with Crippen LogP contribution >= 0.6 is 11.6 Å². The summed E-state index contributed by atoms with van der Waals surface area (Å²) >= 11 is 5.71. The maximum atomic E-state index is 14.2. The molecule has 0 atom stereocenters. The molecule has 1 aromatic carbocycles. The van der Waals surface area contributed by atoms with Crippen molar-refractivity contribution < 1.29 is 17.5 Å². The molecule has 0 unspecified atom stereocenters. The number of methoxy groups -OCH3 is 1. The smallest absolute Gasteiger partial charge is 0.264 e. The molecule has 0 aliphatic carbocycles. The lowest BCUT2D eigenvalue weighted by molar-refractivity contribution is 0.400. The molecule has 8 nitrogen and oxygen atoms in total. The minimum atomic E-state index is -4.31. The lowest BCUT2D eigenvalue weighted by Gasteiger charge is -2.13. The summed E-state index contributed by atoms with van der Waals surface area (Å²) < 4.78 is 48.6. The van der Waals surface area contributed by atoms with Gasteiger partial charge < -0.3 is 4.74 Å². The molecule has 32 heavy (non-hydrogen) atoms. The molecule has 1 N–H and O–H groups in total. The van der Waals surface area contributed by atoms with Crippen molar-refractivity contribution in [2.24, 2.45) is 0 Å². The molecule has 11 heteroatoms. The van der Waals surface area contributed by atoms with Crippen LogP contribution in [0.4, 0.5) is 10.1 Å². The molecule has 0 aliphatic rings. The number of aryl methyl sites for hydroxylation is 1. The number of hydrogen-bond acceptors (Lipinski definition) is 6. The van der Waals surface area contributed by atoms with E-state index in [9.17, 15) is 17.6 Å². The molecule has 3 heterocycles. The minimum absolute atomic E-state index is 0.00541. The van der Waals surface area contributed by atoms with E-state index in [0.717, 1.165) is 12.1 Å². The van der Waals surface area contributed by atoms with Crippen LogP contribution in [0.1, 0.15) is 5.56 Å². The summed E-state index contributed by atoms with van der Waals surface area (Å²) in [4.78, 5) is 20.2. The Hall–Kier alpha value is -3.50. The molecule has 0 bridgehead atoms. The maximum absolute atomic E-state index is 14.2. The number of sulfonamides is 1. The van der Waals surface area contributed by atoms with Crippen LogP contribution in [-0.4, -0.2) is 29.9 Å². The molecular weight excluding hydrogens is 459 g/mol. The molecular formula is C21H16ClFN4O4S. The Bertz CT molecular complexity index is 1520. The van der Waals surface area contributed by atoms with Crippen LogP contribution in [0.5, 0.6) is 5.88 Å². The molecule has 0 fully saturated rings. The summed E-state index contributed by atoms with van der Waals surface area (Å²) in [5, 5.41) is 0.0685. The topological polar surface area (TPSA) is 103 Å². The van der Waals surface area contributed by atoms with E-state index in [1.807, 2.05) is 0 Å². The molecule has 0 radical (unpaired) electrons. The molecule has 3 aromatic heterocycles. The molecule has 164 valence electrons. The molecule has 0 amide bonds. The highest BCUT2D eigenvalue weighted by molar-refractivity contribution is 7.92. The van der Waals surface area contributed by atoms with Gasteiger partial charge in [-0.05, 0) is 43.3 Å². The third kappa shape index (κ3) is 4.02. The Morgan fingerprint density at radius 2 is 1.88 bits per heavy atom. The van der Waals surface area contributed by atoms with Crippen LogP contribution in [0, 0.1) is 12.7 Å². The van der Waals surface area contributed by atoms with E-state index in [4.69, 9.17) is 16.3 Å². The van der Waals surface area contributed by atoms with Crippen molar-refractivity contribution in [1.29, 1.82) is 0 Å². The van der Waals surface area contributed by atoms with Gasteiger partial charge in [-0.25, -0.2) is 22.8 Å². The molecule has 0 spiro atoms. The van der Waals surface area contributed by atoms with Crippen molar-refractivity contribution in [2.75, 3.05) is 11.8 Å². The Balaban J connectivity index is 1.79. The lowest BCUT2D eigenvalue weighted by Crippen LogP contribution is -2.17. The van der Waals surface area contributed by atoms with E-state index >= 15 is 0 Å². The number of aromatic nitrogens is 3. The summed E-state index contributed by atoms with van der Waals surface area (Å²) in [5.41, 5.74) is 1.79. The van der Waals surface area contributed by atoms with Gasteiger partial charge in [0.25, 0.3) is 15.6 Å². The van der Waals surface area contributed by atoms with Crippen molar-refractivity contribution in [3.8, 4) is 17.0 Å². The van der Waals surface area contributed by atoms with Gasteiger partial charge in [-0.3, -0.25) is 13.9 Å². The number of rotatable bonds is 5. The molecule has 0 saturated heterocycles. The van der Waals surface area contributed by atoms with E-state index in [1.54, 1.807) is 25.3 Å². The van der Waals surface area contributed by atoms with Gasteiger partial charge in [0.05, 0.1) is 7.11 Å². The average molecular weight is 475 g/mol. The van der Waals surface area contributed by atoms with E-state index in [0.29, 0.717) is 22.3 Å². The van der Waals surface area contributed by atoms with Gasteiger partial charge in [0.1, 0.15) is 22.0 Å². The Kier molecular flexibility index (Phi) is 5.57. The van der Waals surface area contributed by atoms with Gasteiger partial charge in [-0.1, -0.05) is 11.6 Å². The van der Waals surface area contributed by atoms with Crippen molar-refractivity contribution >= 4 is 33.0 Å². The number of pyridine rings is 2. The van der Waals surface area contributed by atoms with Gasteiger partial charge in [0, 0.05) is 40.3 Å². The van der Waals surface area contributed by atoms with Crippen LogP contribution in [0.15, 0.2) is 64.7 Å². The predicted molar refractivity (Wildman–Crippen MR) is 118 cm³/mol. The van der Waals surface area contributed by atoms with Crippen LogP contribution < -0.4 is 15.0 Å². The van der Waals surface area contributed by atoms with E-state index in [1.165, 1.54) is 36.0 Å². The van der Waals surface area contributed by atoms with E-state index in [2.05, 4.69) is 14.7 Å². The van der Waals surface area contributed by atoms with Crippen LogP contribution in [0.2, 0.25) is 5.02 Å². The highest BCUT2D eigenvalue weighted by Crippen LogP contribution is 2.31.